The zero-order valence-corrected chi connectivity index (χ0v) is 18.8. The zero-order valence-electron chi connectivity index (χ0n) is 18.0. The molecule has 3 rings (SSSR count). The fraction of sp³-hybridized carbons (Fsp3) is 0.208. The van der Waals surface area contributed by atoms with Crippen LogP contribution >= 0.6 is 11.6 Å². The molecular weight excluding hydrogens is 430 g/mol. The summed E-state index contributed by atoms with van der Waals surface area (Å²) in [6, 6.07) is 15.8. The minimum absolute atomic E-state index is 0.0284. The van der Waals surface area contributed by atoms with Gasteiger partial charge in [0.25, 0.3) is 11.5 Å². The third-order valence-electron chi connectivity index (χ3n) is 4.63. The maximum absolute atomic E-state index is 12.4. The Bertz CT molecular complexity index is 1190. The number of halogens is 1. The van der Waals surface area contributed by atoms with E-state index in [4.69, 9.17) is 21.1 Å². The fourth-order valence-electron chi connectivity index (χ4n) is 2.99. The van der Waals surface area contributed by atoms with Gasteiger partial charge < -0.3 is 14.0 Å². The van der Waals surface area contributed by atoms with Crippen LogP contribution in [0.5, 0.6) is 11.5 Å². The molecule has 0 aliphatic heterocycles. The number of nitrogens with zero attached hydrogens (tertiary/aromatic N) is 2. The summed E-state index contributed by atoms with van der Waals surface area (Å²) in [5.41, 5.74) is 3.68. The van der Waals surface area contributed by atoms with E-state index in [9.17, 15) is 9.59 Å². The second-order valence-corrected chi connectivity index (χ2v) is 7.69. The molecule has 1 heterocycles. The van der Waals surface area contributed by atoms with E-state index in [0.717, 1.165) is 5.56 Å². The molecule has 0 aliphatic rings. The third-order valence-corrected chi connectivity index (χ3v) is 4.86. The number of hydrogen-bond acceptors (Lipinski definition) is 5. The number of pyridine rings is 1. The fourth-order valence-corrected chi connectivity index (χ4v) is 3.20. The lowest BCUT2D eigenvalue weighted by molar-refractivity contribution is 0.0953. The Morgan fingerprint density at radius 1 is 1.16 bits per heavy atom. The van der Waals surface area contributed by atoms with Gasteiger partial charge in [0, 0.05) is 17.3 Å². The summed E-state index contributed by atoms with van der Waals surface area (Å²) in [6.07, 6.45) is 3.11. The second-order valence-electron chi connectivity index (χ2n) is 7.26. The molecule has 0 saturated heterocycles. The Hall–Kier alpha value is -3.58. The number of rotatable bonds is 8. The largest absolute Gasteiger partial charge is 0.493 e. The molecule has 0 atom stereocenters. The summed E-state index contributed by atoms with van der Waals surface area (Å²) in [6.45, 7) is 4.08. The Morgan fingerprint density at radius 3 is 2.69 bits per heavy atom. The number of hydrazone groups is 1. The van der Waals surface area contributed by atoms with Crippen LogP contribution in [0, 0.1) is 0 Å². The van der Waals surface area contributed by atoms with Crippen molar-refractivity contribution in [3.05, 3.63) is 92.9 Å². The average molecular weight is 454 g/mol. The molecule has 32 heavy (non-hydrogen) atoms. The van der Waals surface area contributed by atoms with Crippen molar-refractivity contribution in [3.8, 4) is 11.5 Å². The number of nitrogens with one attached hydrogen (secondary N) is 1. The lowest BCUT2D eigenvalue weighted by atomic mass is 10.2. The van der Waals surface area contributed by atoms with Crippen molar-refractivity contribution in [2.45, 2.75) is 26.5 Å². The smallest absolute Gasteiger partial charge is 0.276 e. The molecule has 0 saturated carbocycles. The third kappa shape index (κ3) is 5.76. The number of carbonyl (C=O) groups is 1. The number of methoxy groups -OCH3 is 1. The maximum Gasteiger partial charge on any atom is 0.276 e. The van der Waals surface area contributed by atoms with Crippen LogP contribution in [0.2, 0.25) is 5.02 Å². The normalized spacial score (nSPS) is 11.0. The Labute approximate surface area is 191 Å². The summed E-state index contributed by atoms with van der Waals surface area (Å²) >= 11 is 6.00. The van der Waals surface area contributed by atoms with Gasteiger partial charge in [0.05, 0.1) is 13.3 Å². The summed E-state index contributed by atoms with van der Waals surface area (Å²) in [5.74, 6) is 0.507. The molecule has 2 aromatic carbocycles. The van der Waals surface area contributed by atoms with Crippen LogP contribution in [0.4, 0.5) is 0 Å². The van der Waals surface area contributed by atoms with E-state index in [1.165, 1.54) is 16.8 Å². The number of amides is 1. The molecule has 0 radical (unpaired) electrons. The molecule has 1 amide bonds. The van der Waals surface area contributed by atoms with Crippen LogP contribution in [0.1, 0.15) is 41.4 Å². The number of hydrogen-bond donors (Lipinski definition) is 1. The summed E-state index contributed by atoms with van der Waals surface area (Å²) in [4.78, 5) is 24.8. The minimum atomic E-state index is -0.574. The summed E-state index contributed by atoms with van der Waals surface area (Å²) in [7, 11) is 1.54. The van der Waals surface area contributed by atoms with Gasteiger partial charge in [-0.25, -0.2) is 5.43 Å². The molecular formula is C24H24ClN3O4. The first-order chi connectivity index (χ1) is 15.4. The Morgan fingerprint density at radius 2 is 1.97 bits per heavy atom. The van der Waals surface area contributed by atoms with Gasteiger partial charge in [-0.15, -0.1) is 0 Å². The molecule has 7 nitrogen and oxygen atoms in total. The van der Waals surface area contributed by atoms with E-state index >= 15 is 0 Å². The highest BCUT2D eigenvalue weighted by Gasteiger charge is 2.12. The second kappa shape index (κ2) is 10.6. The summed E-state index contributed by atoms with van der Waals surface area (Å²) in [5, 5.41) is 4.60. The number of ether oxygens (including phenoxy) is 2. The lowest BCUT2D eigenvalue weighted by Gasteiger charge is -2.11. The van der Waals surface area contributed by atoms with Crippen LogP contribution in [-0.4, -0.2) is 23.8 Å². The molecule has 3 aromatic rings. The minimum Gasteiger partial charge on any atom is -0.493 e. The van der Waals surface area contributed by atoms with Gasteiger partial charge in [-0.3, -0.25) is 9.59 Å². The van der Waals surface area contributed by atoms with E-state index in [2.05, 4.69) is 10.5 Å². The highest BCUT2D eigenvalue weighted by Crippen LogP contribution is 2.28. The average Bonchev–Trinajstić information content (AvgIpc) is 2.78. The first-order valence-electron chi connectivity index (χ1n) is 9.99. The Kier molecular flexibility index (Phi) is 7.68. The topological polar surface area (TPSA) is 81.9 Å². The monoisotopic (exact) mass is 453 g/mol. The van der Waals surface area contributed by atoms with Crippen LogP contribution < -0.4 is 20.5 Å². The maximum atomic E-state index is 12.4. The Balaban J connectivity index is 1.67. The van der Waals surface area contributed by atoms with Crippen molar-refractivity contribution in [1.29, 1.82) is 0 Å². The van der Waals surface area contributed by atoms with E-state index in [-0.39, 0.29) is 17.2 Å². The van der Waals surface area contributed by atoms with Crippen LogP contribution in [-0.2, 0) is 6.61 Å². The molecule has 1 aromatic heterocycles. The number of carbonyl (C=O) groups excluding carboxylic acids is 1. The van der Waals surface area contributed by atoms with Gasteiger partial charge in [0.15, 0.2) is 11.5 Å². The highest BCUT2D eigenvalue weighted by molar-refractivity contribution is 6.30. The van der Waals surface area contributed by atoms with Crippen molar-refractivity contribution >= 4 is 23.7 Å². The first kappa shape index (κ1) is 23.1. The zero-order chi connectivity index (χ0) is 23.1. The van der Waals surface area contributed by atoms with Gasteiger partial charge in [0.1, 0.15) is 12.2 Å². The predicted octanol–water partition coefficient (Wildman–Crippen LogP) is 4.43. The molecule has 0 bridgehead atoms. The van der Waals surface area contributed by atoms with Crippen LogP contribution in [0.25, 0.3) is 0 Å². The molecule has 1 N–H and O–H groups in total. The predicted molar refractivity (Wildman–Crippen MR) is 125 cm³/mol. The van der Waals surface area contributed by atoms with E-state index < -0.39 is 5.91 Å². The van der Waals surface area contributed by atoms with Gasteiger partial charge in [-0.05, 0) is 67.4 Å². The molecule has 8 heteroatoms. The van der Waals surface area contributed by atoms with Crippen molar-refractivity contribution in [3.63, 3.8) is 0 Å². The van der Waals surface area contributed by atoms with E-state index in [0.29, 0.717) is 28.7 Å². The lowest BCUT2D eigenvalue weighted by Crippen LogP contribution is -2.31. The van der Waals surface area contributed by atoms with E-state index in [1.807, 2.05) is 32.0 Å². The van der Waals surface area contributed by atoms with Gasteiger partial charge in [-0.2, -0.15) is 5.10 Å². The summed E-state index contributed by atoms with van der Waals surface area (Å²) < 4.78 is 12.7. The van der Waals surface area contributed by atoms with Crippen molar-refractivity contribution in [2.24, 2.45) is 5.10 Å². The molecule has 0 aliphatic carbocycles. The molecule has 166 valence electrons. The molecule has 0 spiro atoms. The van der Waals surface area contributed by atoms with Gasteiger partial charge in [-0.1, -0.05) is 23.7 Å². The molecule has 0 fully saturated rings. The SMILES string of the molecule is COc1cc(/C=N\NC(=O)c2cccn(C(C)C)c2=O)ccc1OCc1cccc(Cl)c1. The van der Waals surface area contributed by atoms with Crippen LogP contribution in [0.3, 0.4) is 0 Å². The number of aromatic nitrogens is 1. The van der Waals surface area contributed by atoms with Crippen molar-refractivity contribution in [1.82, 2.24) is 9.99 Å². The van der Waals surface area contributed by atoms with Gasteiger partial charge in [0.2, 0.25) is 0 Å². The quantitative estimate of drug-likeness (QED) is 0.404. The van der Waals surface area contributed by atoms with Crippen molar-refractivity contribution in [2.75, 3.05) is 7.11 Å². The molecule has 0 unspecified atom stereocenters. The van der Waals surface area contributed by atoms with Crippen LogP contribution in [0.15, 0.2) is 70.7 Å². The standard InChI is InChI=1S/C24H24ClN3O4/c1-16(2)28-11-5-8-20(24(28)30)23(29)27-26-14-17-9-10-21(22(13-17)31-3)32-15-18-6-4-7-19(25)12-18/h4-14,16H,15H2,1-3H3,(H,27,29)/b26-14-. The number of benzene rings is 2. The first-order valence-corrected chi connectivity index (χ1v) is 10.4. The van der Waals surface area contributed by atoms with Crippen molar-refractivity contribution < 1.29 is 14.3 Å². The highest BCUT2D eigenvalue weighted by atomic mass is 35.5. The van der Waals surface area contributed by atoms with E-state index in [1.54, 1.807) is 43.6 Å². The van der Waals surface area contributed by atoms with Gasteiger partial charge >= 0.3 is 0 Å².